The highest BCUT2D eigenvalue weighted by Crippen LogP contribution is 2.67. The Morgan fingerprint density at radius 2 is 1.78 bits per heavy atom. The van der Waals surface area contributed by atoms with E-state index in [4.69, 9.17) is 9.47 Å². The van der Waals surface area contributed by atoms with E-state index in [2.05, 4.69) is 53.7 Å². The fourth-order valence-electron chi connectivity index (χ4n) is 10.5. The summed E-state index contributed by atoms with van der Waals surface area (Å²) in [5.41, 5.74) is 3.77. The summed E-state index contributed by atoms with van der Waals surface area (Å²) in [5.74, 6) is 4.56. The van der Waals surface area contributed by atoms with Crippen LogP contribution in [0.4, 0.5) is 0 Å². The molecule has 5 aliphatic rings. The summed E-state index contributed by atoms with van der Waals surface area (Å²) in [6.45, 7) is 14.1. The fourth-order valence-corrected chi connectivity index (χ4v) is 10.5. The Labute approximate surface area is 248 Å². The molecule has 234 valence electrons. The third-order valence-electron chi connectivity index (χ3n) is 13.0. The third kappa shape index (κ3) is 5.64. The Balaban J connectivity index is 1.24. The first-order chi connectivity index (χ1) is 19.4. The topological polar surface area (TPSA) is 99.4 Å². The van der Waals surface area contributed by atoms with Gasteiger partial charge in [0.2, 0.25) is 0 Å². The van der Waals surface area contributed by atoms with Gasteiger partial charge in [0.1, 0.15) is 24.4 Å². The molecule has 5 rings (SSSR count). The Bertz CT molecular complexity index is 974. The number of hydrogen-bond acceptors (Lipinski definition) is 6. The van der Waals surface area contributed by atoms with E-state index >= 15 is 0 Å². The van der Waals surface area contributed by atoms with Gasteiger partial charge >= 0.3 is 0 Å². The molecule has 0 radical (unpaired) electrons. The maximum Gasteiger partial charge on any atom is 0.186 e. The number of rotatable bonds is 8. The molecule has 1 aliphatic heterocycles. The van der Waals surface area contributed by atoms with Crippen molar-refractivity contribution in [2.24, 2.45) is 46.3 Å². The van der Waals surface area contributed by atoms with Gasteiger partial charge in [-0.3, -0.25) is 0 Å². The molecule has 1 saturated heterocycles. The number of ether oxygens (including phenoxy) is 2. The SMILES string of the molecule is CC=C(CCC(C)C1CCC2C3CC=C4CC(OC5OC(CO)C(O)C(O)C5O)CCC4(C)C3CCC12C)C(C)C. The van der Waals surface area contributed by atoms with E-state index in [-0.39, 0.29) is 11.5 Å². The van der Waals surface area contributed by atoms with Gasteiger partial charge in [-0.25, -0.2) is 0 Å². The van der Waals surface area contributed by atoms with E-state index in [1.807, 2.05) is 0 Å². The van der Waals surface area contributed by atoms with Gasteiger partial charge in [-0.15, -0.1) is 0 Å². The summed E-state index contributed by atoms with van der Waals surface area (Å²) in [7, 11) is 0. The average molecular weight is 575 g/mol. The zero-order chi connectivity index (χ0) is 29.7. The lowest BCUT2D eigenvalue weighted by atomic mass is 9.47. The Kier molecular flexibility index (Phi) is 9.51. The normalized spacial score (nSPS) is 47.4. The van der Waals surface area contributed by atoms with E-state index in [1.54, 1.807) is 5.57 Å². The summed E-state index contributed by atoms with van der Waals surface area (Å²) in [4.78, 5) is 0. The van der Waals surface area contributed by atoms with Crippen molar-refractivity contribution in [1.29, 1.82) is 0 Å². The second-order valence-electron chi connectivity index (χ2n) is 15.2. The van der Waals surface area contributed by atoms with Crippen molar-refractivity contribution in [1.82, 2.24) is 0 Å². The van der Waals surface area contributed by atoms with E-state index < -0.39 is 37.3 Å². The van der Waals surface area contributed by atoms with Crippen molar-refractivity contribution < 1.29 is 29.9 Å². The molecule has 6 heteroatoms. The number of allylic oxidation sites excluding steroid dienone is 3. The van der Waals surface area contributed by atoms with Crippen molar-refractivity contribution in [3.05, 3.63) is 23.3 Å². The summed E-state index contributed by atoms with van der Waals surface area (Å²) in [5, 5.41) is 40.4. The molecular weight excluding hydrogens is 516 g/mol. The van der Waals surface area contributed by atoms with Gasteiger partial charge in [-0.2, -0.15) is 0 Å². The van der Waals surface area contributed by atoms with Crippen LogP contribution in [0.1, 0.15) is 106 Å². The predicted molar refractivity (Wildman–Crippen MR) is 161 cm³/mol. The van der Waals surface area contributed by atoms with Crippen molar-refractivity contribution >= 4 is 0 Å². The highest BCUT2D eigenvalue weighted by molar-refractivity contribution is 5.25. The Morgan fingerprint density at radius 1 is 1.02 bits per heavy atom. The molecular formula is C35H58O6. The zero-order valence-corrected chi connectivity index (χ0v) is 26.5. The molecule has 13 atom stereocenters. The molecule has 13 unspecified atom stereocenters. The van der Waals surface area contributed by atoms with Crippen LogP contribution in [0.15, 0.2) is 23.3 Å². The maximum atomic E-state index is 10.5. The first-order valence-corrected chi connectivity index (χ1v) is 16.7. The molecule has 6 nitrogen and oxygen atoms in total. The van der Waals surface area contributed by atoms with E-state index in [9.17, 15) is 20.4 Å². The van der Waals surface area contributed by atoms with Crippen LogP contribution in [0.2, 0.25) is 0 Å². The summed E-state index contributed by atoms with van der Waals surface area (Å²) in [6.07, 6.45) is 10.6. The van der Waals surface area contributed by atoms with Crippen LogP contribution < -0.4 is 0 Å². The van der Waals surface area contributed by atoms with E-state index in [0.717, 1.165) is 48.9 Å². The molecule has 0 spiro atoms. The van der Waals surface area contributed by atoms with Crippen LogP contribution in [0, 0.1) is 46.3 Å². The highest BCUT2D eigenvalue weighted by Gasteiger charge is 2.59. The molecule has 4 N–H and O–H groups in total. The summed E-state index contributed by atoms with van der Waals surface area (Å²) >= 11 is 0. The van der Waals surface area contributed by atoms with Crippen molar-refractivity contribution in [2.75, 3.05) is 6.61 Å². The predicted octanol–water partition coefficient (Wildman–Crippen LogP) is 5.77. The van der Waals surface area contributed by atoms with Gasteiger partial charge in [0.15, 0.2) is 6.29 Å². The lowest BCUT2D eigenvalue weighted by molar-refractivity contribution is -0.313. The molecule has 0 aromatic rings. The van der Waals surface area contributed by atoms with E-state index in [1.165, 1.54) is 50.5 Å². The molecule has 4 fully saturated rings. The van der Waals surface area contributed by atoms with Gasteiger partial charge in [-0.05, 0) is 117 Å². The molecule has 41 heavy (non-hydrogen) atoms. The molecule has 0 bridgehead atoms. The minimum atomic E-state index is -1.40. The van der Waals surface area contributed by atoms with Crippen LogP contribution in [0.5, 0.6) is 0 Å². The van der Waals surface area contributed by atoms with Gasteiger partial charge < -0.3 is 29.9 Å². The summed E-state index contributed by atoms with van der Waals surface area (Å²) < 4.78 is 11.9. The van der Waals surface area contributed by atoms with Crippen molar-refractivity contribution in [2.45, 2.75) is 143 Å². The number of aliphatic hydroxyl groups excluding tert-OH is 4. The quantitative estimate of drug-likeness (QED) is 0.275. The van der Waals surface area contributed by atoms with Crippen LogP contribution in [-0.4, -0.2) is 63.8 Å². The smallest absolute Gasteiger partial charge is 0.186 e. The lowest BCUT2D eigenvalue weighted by Gasteiger charge is -2.58. The largest absolute Gasteiger partial charge is 0.394 e. The van der Waals surface area contributed by atoms with Crippen LogP contribution in [0.25, 0.3) is 0 Å². The minimum Gasteiger partial charge on any atom is -0.394 e. The molecule has 4 aliphatic carbocycles. The first kappa shape index (κ1) is 31.7. The van der Waals surface area contributed by atoms with E-state index in [0.29, 0.717) is 11.3 Å². The zero-order valence-electron chi connectivity index (χ0n) is 26.5. The molecule has 0 aromatic carbocycles. The average Bonchev–Trinajstić information content (AvgIpc) is 3.30. The number of aliphatic hydroxyl groups is 4. The van der Waals surface area contributed by atoms with Crippen LogP contribution in [-0.2, 0) is 9.47 Å². The third-order valence-corrected chi connectivity index (χ3v) is 13.0. The lowest BCUT2D eigenvalue weighted by Crippen LogP contribution is -2.60. The Morgan fingerprint density at radius 3 is 2.46 bits per heavy atom. The standard InChI is InChI=1S/C35H58O6/c1-7-22(20(2)3)9-8-21(4)26-12-13-27-25-11-10-23-18-24(14-16-34(23,5)28(25)15-17-35(26,27)6)40-33-32(39)31(38)30(37)29(19-36)41-33/h7,10,20-21,24-33,36-39H,8-9,11-19H2,1-6H3. The van der Waals surface area contributed by atoms with Crippen molar-refractivity contribution in [3.63, 3.8) is 0 Å². The molecule has 0 aromatic heterocycles. The maximum absolute atomic E-state index is 10.5. The fraction of sp³-hybridized carbons (Fsp3) is 0.886. The van der Waals surface area contributed by atoms with Crippen LogP contribution in [0.3, 0.4) is 0 Å². The molecule has 3 saturated carbocycles. The van der Waals surface area contributed by atoms with Gasteiger partial charge in [0.25, 0.3) is 0 Å². The molecule has 0 amide bonds. The second kappa shape index (κ2) is 12.3. The first-order valence-electron chi connectivity index (χ1n) is 16.7. The van der Waals surface area contributed by atoms with Gasteiger partial charge in [-0.1, -0.05) is 57.9 Å². The second-order valence-corrected chi connectivity index (χ2v) is 15.2. The molecule has 1 heterocycles. The number of hydrogen-bond donors (Lipinski definition) is 4. The summed E-state index contributed by atoms with van der Waals surface area (Å²) in [6, 6.07) is 0. The monoisotopic (exact) mass is 574 g/mol. The Hall–Kier alpha value is -0.760. The highest BCUT2D eigenvalue weighted by atomic mass is 16.7. The van der Waals surface area contributed by atoms with Crippen LogP contribution >= 0.6 is 0 Å². The van der Waals surface area contributed by atoms with Gasteiger partial charge in [0.05, 0.1) is 12.7 Å². The van der Waals surface area contributed by atoms with Crippen molar-refractivity contribution in [3.8, 4) is 0 Å². The van der Waals surface area contributed by atoms with Gasteiger partial charge in [0, 0.05) is 0 Å². The minimum absolute atomic E-state index is 0.106. The number of fused-ring (bicyclic) bond motifs is 5.